The number of hydrogen-bond acceptors (Lipinski definition) is 4. The van der Waals surface area contributed by atoms with Gasteiger partial charge in [-0.25, -0.2) is 0 Å². The van der Waals surface area contributed by atoms with E-state index in [0.29, 0.717) is 6.42 Å². The van der Waals surface area contributed by atoms with E-state index in [1.807, 2.05) is 29.3 Å². The Labute approximate surface area is 158 Å². The highest BCUT2D eigenvalue weighted by atomic mass is 16.2. The molecule has 1 saturated heterocycles. The Hall–Kier alpha value is -2.89. The highest BCUT2D eigenvalue weighted by Crippen LogP contribution is 2.24. The number of hydrogen-bond donors (Lipinski definition) is 1. The molecule has 6 heteroatoms. The zero-order valence-electron chi connectivity index (χ0n) is 15.3. The number of rotatable bonds is 3. The predicted octanol–water partition coefficient (Wildman–Crippen LogP) is 2.34. The van der Waals surface area contributed by atoms with Crippen molar-refractivity contribution in [2.24, 2.45) is 0 Å². The number of fused-ring (bicyclic) bond motifs is 2. The quantitative estimate of drug-likeness (QED) is 0.778. The first kappa shape index (κ1) is 16.3. The Morgan fingerprint density at radius 3 is 2.81 bits per heavy atom. The summed E-state index contributed by atoms with van der Waals surface area (Å²) in [5.74, 6) is 1.15. The summed E-state index contributed by atoms with van der Waals surface area (Å²) in [7, 11) is 0. The second-order valence-electron chi connectivity index (χ2n) is 7.43. The van der Waals surface area contributed by atoms with E-state index in [9.17, 15) is 4.79 Å². The molecule has 1 aliphatic carbocycles. The first-order valence-corrected chi connectivity index (χ1v) is 9.71. The van der Waals surface area contributed by atoms with Gasteiger partial charge in [0.15, 0.2) is 5.82 Å². The van der Waals surface area contributed by atoms with Crippen LogP contribution in [0.1, 0.15) is 23.2 Å². The smallest absolute Gasteiger partial charge is 0.227 e. The van der Waals surface area contributed by atoms with Gasteiger partial charge in [0.25, 0.3) is 0 Å². The number of nitrogens with one attached hydrogen (secondary N) is 1. The maximum Gasteiger partial charge on any atom is 0.227 e. The molecule has 0 unspecified atom stereocenters. The van der Waals surface area contributed by atoms with E-state index in [1.165, 1.54) is 12.0 Å². The minimum atomic E-state index is 0.194. The molecule has 2 aliphatic rings. The van der Waals surface area contributed by atoms with Crippen molar-refractivity contribution in [3.8, 4) is 0 Å². The minimum Gasteiger partial charge on any atom is -0.361 e. The zero-order valence-corrected chi connectivity index (χ0v) is 15.3. The van der Waals surface area contributed by atoms with Crippen LogP contribution in [0.2, 0.25) is 0 Å². The summed E-state index contributed by atoms with van der Waals surface area (Å²) in [6.07, 6.45) is 5.75. The number of piperazine rings is 1. The molecule has 2 aromatic heterocycles. The average molecular weight is 361 g/mol. The van der Waals surface area contributed by atoms with Crippen molar-refractivity contribution in [3.05, 3.63) is 53.3 Å². The summed E-state index contributed by atoms with van der Waals surface area (Å²) in [6, 6.07) is 10.3. The van der Waals surface area contributed by atoms with Gasteiger partial charge in [-0.1, -0.05) is 18.2 Å². The molecular formula is C21H23N5O. The normalized spacial score (nSPS) is 16.7. The average Bonchev–Trinajstić information content (AvgIpc) is 3.35. The van der Waals surface area contributed by atoms with Gasteiger partial charge >= 0.3 is 0 Å². The number of nitrogens with zero attached hydrogens (tertiary/aromatic N) is 4. The van der Waals surface area contributed by atoms with E-state index >= 15 is 0 Å². The van der Waals surface area contributed by atoms with E-state index < -0.39 is 0 Å². The van der Waals surface area contributed by atoms with Crippen LogP contribution in [-0.2, 0) is 24.1 Å². The van der Waals surface area contributed by atoms with Crippen LogP contribution in [0.3, 0.4) is 0 Å². The van der Waals surface area contributed by atoms with Crippen LogP contribution >= 0.6 is 0 Å². The molecule has 0 saturated carbocycles. The molecule has 1 amide bonds. The topological polar surface area (TPSA) is 65.1 Å². The summed E-state index contributed by atoms with van der Waals surface area (Å²) in [6.45, 7) is 3.10. The highest BCUT2D eigenvalue weighted by Gasteiger charge is 2.24. The molecule has 3 aromatic rings. The number of benzene rings is 1. The Balaban J connectivity index is 1.23. The lowest BCUT2D eigenvalue weighted by molar-refractivity contribution is -0.130. The first-order valence-electron chi connectivity index (χ1n) is 9.71. The fourth-order valence-corrected chi connectivity index (χ4v) is 4.21. The Bertz CT molecular complexity index is 987. The van der Waals surface area contributed by atoms with Crippen molar-refractivity contribution in [2.45, 2.75) is 25.7 Å². The molecule has 138 valence electrons. The summed E-state index contributed by atoms with van der Waals surface area (Å²) in [5, 5.41) is 9.94. The van der Waals surface area contributed by atoms with Crippen LogP contribution in [0.25, 0.3) is 10.9 Å². The van der Waals surface area contributed by atoms with Gasteiger partial charge in [0.1, 0.15) is 0 Å². The third kappa shape index (κ3) is 3.05. The highest BCUT2D eigenvalue weighted by molar-refractivity contribution is 5.89. The second kappa shape index (κ2) is 6.68. The molecule has 1 fully saturated rings. The Morgan fingerprint density at radius 1 is 1.07 bits per heavy atom. The molecule has 5 rings (SSSR count). The predicted molar refractivity (Wildman–Crippen MR) is 105 cm³/mol. The van der Waals surface area contributed by atoms with Gasteiger partial charge < -0.3 is 14.8 Å². The number of aromatic nitrogens is 3. The van der Waals surface area contributed by atoms with Gasteiger partial charge in [-0.05, 0) is 42.5 Å². The van der Waals surface area contributed by atoms with Gasteiger partial charge in [-0.15, -0.1) is 5.10 Å². The van der Waals surface area contributed by atoms with E-state index in [4.69, 9.17) is 0 Å². The van der Waals surface area contributed by atoms with E-state index in [-0.39, 0.29) is 5.91 Å². The fraction of sp³-hybridized carbons (Fsp3) is 0.381. The molecule has 0 spiro atoms. The molecule has 1 N–H and O–H groups in total. The summed E-state index contributed by atoms with van der Waals surface area (Å²) in [4.78, 5) is 20.2. The van der Waals surface area contributed by atoms with Crippen LogP contribution in [0.4, 0.5) is 5.82 Å². The summed E-state index contributed by atoms with van der Waals surface area (Å²) in [5.41, 5.74) is 4.66. The van der Waals surface area contributed by atoms with Crippen molar-refractivity contribution in [2.75, 3.05) is 31.1 Å². The van der Waals surface area contributed by atoms with Crippen molar-refractivity contribution < 1.29 is 4.79 Å². The van der Waals surface area contributed by atoms with Crippen LogP contribution in [-0.4, -0.2) is 52.2 Å². The van der Waals surface area contributed by atoms with Crippen LogP contribution < -0.4 is 4.90 Å². The van der Waals surface area contributed by atoms with Gasteiger partial charge in [-0.3, -0.25) is 4.79 Å². The van der Waals surface area contributed by atoms with E-state index in [0.717, 1.165) is 67.0 Å². The molecule has 3 heterocycles. The minimum absolute atomic E-state index is 0.194. The third-order valence-corrected chi connectivity index (χ3v) is 5.78. The van der Waals surface area contributed by atoms with Crippen molar-refractivity contribution in [3.63, 3.8) is 0 Å². The van der Waals surface area contributed by atoms with Gasteiger partial charge in [-0.2, -0.15) is 5.10 Å². The van der Waals surface area contributed by atoms with Gasteiger partial charge in [0.2, 0.25) is 5.91 Å². The lowest BCUT2D eigenvalue weighted by atomic mass is 10.1. The zero-order chi connectivity index (χ0) is 18.2. The van der Waals surface area contributed by atoms with Gasteiger partial charge in [0, 0.05) is 43.3 Å². The summed E-state index contributed by atoms with van der Waals surface area (Å²) >= 11 is 0. The molecule has 1 aliphatic heterocycles. The molecule has 1 aromatic carbocycles. The SMILES string of the molecule is O=C(Cc1c[nH]c2ccccc12)N1CCN(c2cc3c(nn2)CCC3)CC1. The molecule has 27 heavy (non-hydrogen) atoms. The van der Waals surface area contributed by atoms with E-state index in [2.05, 4.69) is 32.2 Å². The first-order chi connectivity index (χ1) is 13.3. The van der Waals surface area contributed by atoms with Crippen LogP contribution in [0.15, 0.2) is 36.5 Å². The number of aryl methyl sites for hydroxylation is 2. The number of carbonyl (C=O) groups excluding carboxylic acids is 1. The van der Waals surface area contributed by atoms with Crippen molar-refractivity contribution in [1.29, 1.82) is 0 Å². The molecule has 0 bridgehead atoms. The Kier molecular flexibility index (Phi) is 4.03. The second-order valence-corrected chi connectivity index (χ2v) is 7.43. The van der Waals surface area contributed by atoms with E-state index in [1.54, 1.807) is 0 Å². The number of amides is 1. The monoisotopic (exact) mass is 361 g/mol. The molecule has 6 nitrogen and oxygen atoms in total. The third-order valence-electron chi connectivity index (χ3n) is 5.78. The standard InChI is InChI=1S/C21H23N5O/c27-21(13-16-14-22-19-6-2-1-5-17(16)19)26-10-8-25(9-11-26)20-12-15-4-3-7-18(15)23-24-20/h1-2,5-6,12,14,22H,3-4,7-11,13H2. The number of H-pyrrole nitrogens is 1. The van der Waals surface area contributed by atoms with Crippen molar-refractivity contribution in [1.82, 2.24) is 20.1 Å². The Morgan fingerprint density at radius 2 is 1.93 bits per heavy atom. The largest absolute Gasteiger partial charge is 0.361 e. The number of aromatic amines is 1. The molecule has 0 atom stereocenters. The maximum absolute atomic E-state index is 12.8. The molecular weight excluding hydrogens is 338 g/mol. The maximum atomic E-state index is 12.8. The van der Waals surface area contributed by atoms with Crippen LogP contribution in [0, 0.1) is 0 Å². The lowest BCUT2D eigenvalue weighted by Gasteiger charge is -2.35. The number of para-hydroxylation sites is 1. The number of anilines is 1. The molecule has 0 radical (unpaired) electrons. The lowest BCUT2D eigenvalue weighted by Crippen LogP contribution is -2.49. The van der Waals surface area contributed by atoms with Crippen molar-refractivity contribution >= 4 is 22.6 Å². The van der Waals surface area contributed by atoms with Crippen LogP contribution in [0.5, 0.6) is 0 Å². The summed E-state index contributed by atoms with van der Waals surface area (Å²) < 4.78 is 0. The number of carbonyl (C=O) groups is 1. The van der Waals surface area contributed by atoms with Gasteiger partial charge in [0.05, 0.1) is 12.1 Å². The fourth-order valence-electron chi connectivity index (χ4n) is 4.21.